The van der Waals surface area contributed by atoms with E-state index in [0.717, 1.165) is 12.1 Å². The van der Waals surface area contributed by atoms with Crippen molar-refractivity contribution in [3.05, 3.63) is 24.3 Å². The molecule has 0 saturated heterocycles. The van der Waals surface area contributed by atoms with Crippen molar-refractivity contribution >= 4 is 11.7 Å². The fourth-order valence-corrected chi connectivity index (χ4v) is 1.02. The first-order valence-electron chi connectivity index (χ1n) is 4.34. The average Bonchev–Trinajstić information content (AvgIpc) is 2.58. The first-order chi connectivity index (χ1) is 6.72. The number of nitrogens with zero attached hydrogens (tertiary/aromatic N) is 1. The Bertz CT molecular complexity index is 292. The molecular formula is C10H13NO3. The molecule has 4 nitrogen and oxygen atoms in total. The Labute approximate surface area is 82.9 Å². The molecule has 76 valence electrons. The van der Waals surface area contributed by atoms with E-state index in [1.165, 1.54) is 13.2 Å². The number of carbonyl (C=O) groups excluding carboxylic acids is 1. The van der Waals surface area contributed by atoms with E-state index in [2.05, 4.69) is 9.89 Å². The lowest BCUT2D eigenvalue weighted by atomic mass is 10.2. The van der Waals surface area contributed by atoms with Gasteiger partial charge in [-0.05, 0) is 13.0 Å². The van der Waals surface area contributed by atoms with E-state index in [1.54, 1.807) is 12.2 Å². The van der Waals surface area contributed by atoms with Crippen LogP contribution in [0, 0.1) is 0 Å². The van der Waals surface area contributed by atoms with Gasteiger partial charge in [-0.3, -0.25) is 0 Å². The zero-order valence-corrected chi connectivity index (χ0v) is 8.27. The zero-order chi connectivity index (χ0) is 10.4. The predicted octanol–water partition coefficient (Wildman–Crippen LogP) is 1.44. The largest absolute Gasteiger partial charge is 0.466 e. The predicted molar refractivity (Wildman–Crippen MR) is 52.9 cm³/mol. The summed E-state index contributed by atoms with van der Waals surface area (Å²) in [5, 5.41) is 3.80. The van der Waals surface area contributed by atoms with E-state index in [9.17, 15) is 4.79 Å². The second kappa shape index (κ2) is 5.21. The molecule has 0 fully saturated rings. The Morgan fingerprint density at radius 3 is 3.00 bits per heavy atom. The molecule has 0 aromatic carbocycles. The highest BCUT2D eigenvalue weighted by Gasteiger charge is 2.13. The van der Waals surface area contributed by atoms with E-state index in [0.29, 0.717) is 0 Å². The molecule has 0 aromatic heterocycles. The van der Waals surface area contributed by atoms with Crippen molar-refractivity contribution in [2.75, 3.05) is 7.11 Å². The third-order valence-electron chi connectivity index (χ3n) is 1.71. The number of methoxy groups -OCH3 is 1. The normalized spacial score (nSPS) is 21.3. The van der Waals surface area contributed by atoms with Crippen molar-refractivity contribution in [3.8, 4) is 0 Å². The summed E-state index contributed by atoms with van der Waals surface area (Å²) in [6, 6.07) is 0. The minimum absolute atomic E-state index is 0.00250. The van der Waals surface area contributed by atoms with Gasteiger partial charge in [-0.25, -0.2) is 4.79 Å². The maximum Gasteiger partial charge on any atom is 0.330 e. The molecule has 0 radical (unpaired) electrons. The van der Waals surface area contributed by atoms with Crippen LogP contribution < -0.4 is 0 Å². The molecule has 0 saturated carbocycles. The number of oxime groups is 1. The lowest BCUT2D eigenvalue weighted by Gasteiger charge is -1.98. The molecule has 1 aliphatic rings. The topological polar surface area (TPSA) is 47.9 Å². The number of carbonyl (C=O) groups is 1. The molecule has 0 unspecified atom stereocenters. The SMILES string of the molecule is COC(=O)/C=C/C=C/[C@@H]1CC(C)=NO1. The first-order valence-corrected chi connectivity index (χ1v) is 4.34. The molecule has 4 heteroatoms. The summed E-state index contributed by atoms with van der Waals surface area (Å²) in [6.07, 6.45) is 7.36. The van der Waals surface area contributed by atoms with Crippen molar-refractivity contribution in [2.24, 2.45) is 5.16 Å². The van der Waals surface area contributed by atoms with Gasteiger partial charge >= 0.3 is 5.97 Å². The minimum Gasteiger partial charge on any atom is -0.466 e. The van der Waals surface area contributed by atoms with Gasteiger partial charge < -0.3 is 9.57 Å². The third-order valence-corrected chi connectivity index (χ3v) is 1.71. The fourth-order valence-electron chi connectivity index (χ4n) is 1.02. The van der Waals surface area contributed by atoms with Gasteiger partial charge in [0.05, 0.1) is 12.8 Å². The molecule has 0 amide bonds. The van der Waals surface area contributed by atoms with Crippen molar-refractivity contribution in [1.82, 2.24) is 0 Å². The van der Waals surface area contributed by atoms with Gasteiger partial charge in [-0.2, -0.15) is 0 Å². The Balaban J connectivity index is 2.28. The van der Waals surface area contributed by atoms with Gasteiger partial charge in [0.15, 0.2) is 6.10 Å². The van der Waals surface area contributed by atoms with Crippen LogP contribution in [0.1, 0.15) is 13.3 Å². The number of rotatable bonds is 3. The molecule has 1 heterocycles. The maximum atomic E-state index is 10.7. The van der Waals surface area contributed by atoms with Crippen LogP contribution in [0.15, 0.2) is 29.5 Å². The number of esters is 1. The van der Waals surface area contributed by atoms with Crippen LogP contribution in [0.4, 0.5) is 0 Å². The number of ether oxygens (including phenoxy) is 1. The molecule has 0 aliphatic carbocycles. The Hall–Kier alpha value is -1.58. The van der Waals surface area contributed by atoms with Gasteiger partial charge in [-0.1, -0.05) is 17.3 Å². The first kappa shape index (κ1) is 10.5. The van der Waals surface area contributed by atoms with E-state index < -0.39 is 0 Å². The van der Waals surface area contributed by atoms with Gasteiger partial charge in [-0.15, -0.1) is 0 Å². The lowest BCUT2D eigenvalue weighted by Crippen LogP contribution is -2.01. The minimum atomic E-state index is -0.366. The quantitative estimate of drug-likeness (QED) is 0.389. The molecule has 1 aliphatic heterocycles. The van der Waals surface area contributed by atoms with Gasteiger partial charge in [0.1, 0.15) is 0 Å². The summed E-state index contributed by atoms with van der Waals surface area (Å²) in [6.45, 7) is 1.91. The molecule has 0 N–H and O–H groups in total. The summed E-state index contributed by atoms with van der Waals surface area (Å²) in [7, 11) is 1.34. The van der Waals surface area contributed by atoms with Gasteiger partial charge in [0, 0.05) is 12.5 Å². The van der Waals surface area contributed by atoms with Crippen molar-refractivity contribution < 1.29 is 14.4 Å². The zero-order valence-electron chi connectivity index (χ0n) is 8.27. The van der Waals surface area contributed by atoms with Gasteiger partial charge in [0.25, 0.3) is 0 Å². The molecule has 14 heavy (non-hydrogen) atoms. The van der Waals surface area contributed by atoms with E-state index in [-0.39, 0.29) is 12.1 Å². The van der Waals surface area contributed by atoms with Crippen LogP contribution in [-0.4, -0.2) is 24.9 Å². The molecule has 0 aromatic rings. The highest BCUT2D eigenvalue weighted by Crippen LogP contribution is 2.10. The van der Waals surface area contributed by atoms with Crippen LogP contribution in [-0.2, 0) is 14.4 Å². The fraction of sp³-hybridized carbons (Fsp3) is 0.400. The summed E-state index contributed by atoms with van der Waals surface area (Å²) in [4.78, 5) is 15.7. The Morgan fingerprint density at radius 2 is 2.43 bits per heavy atom. The van der Waals surface area contributed by atoms with Crippen LogP contribution in [0.3, 0.4) is 0 Å². The smallest absolute Gasteiger partial charge is 0.330 e. The van der Waals surface area contributed by atoms with Crippen LogP contribution >= 0.6 is 0 Å². The van der Waals surface area contributed by atoms with Crippen LogP contribution in [0.5, 0.6) is 0 Å². The molecule has 0 spiro atoms. The Kier molecular flexibility index (Phi) is 3.91. The van der Waals surface area contributed by atoms with Gasteiger partial charge in [0.2, 0.25) is 0 Å². The van der Waals surface area contributed by atoms with E-state index in [4.69, 9.17) is 4.84 Å². The number of hydrogen-bond donors (Lipinski definition) is 0. The number of hydrogen-bond acceptors (Lipinski definition) is 4. The lowest BCUT2D eigenvalue weighted by molar-refractivity contribution is -0.134. The summed E-state index contributed by atoms with van der Waals surface area (Å²) in [5.41, 5.74) is 0.983. The summed E-state index contributed by atoms with van der Waals surface area (Å²) in [5.74, 6) is -0.366. The molecular weight excluding hydrogens is 182 g/mol. The van der Waals surface area contributed by atoms with E-state index in [1.807, 2.05) is 13.0 Å². The monoisotopic (exact) mass is 195 g/mol. The molecule has 1 rings (SSSR count). The van der Waals surface area contributed by atoms with Crippen LogP contribution in [0.25, 0.3) is 0 Å². The highest BCUT2D eigenvalue weighted by atomic mass is 16.6. The van der Waals surface area contributed by atoms with Crippen molar-refractivity contribution in [1.29, 1.82) is 0 Å². The van der Waals surface area contributed by atoms with Crippen LogP contribution in [0.2, 0.25) is 0 Å². The standard InChI is InChI=1S/C10H13NO3/c1-8-7-9(14-11-8)5-3-4-6-10(12)13-2/h3-6,9H,7H2,1-2H3/b5-3+,6-4+/t9-/m1/s1. The van der Waals surface area contributed by atoms with Crippen molar-refractivity contribution in [3.63, 3.8) is 0 Å². The average molecular weight is 195 g/mol. The highest BCUT2D eigenvalue weighted by molar-refractivity contribution is 5.83. The van der Waals surface area contributed by atoms with E-state index >= 15 is 0 Å². The number of allylic oxidation sites excluding steroid dienone is 2. The maximum absolute atomic E-state index is 10.7. The molecule has 1 atom stereocenters. The summed E-state index contributed by atoms with van der Waals surface area (Å²) >= 11 is 0. The Morgan fingerprint density at radius 1 is 1.64 bits per heavy atom. The second-order valence-corrected chi connectivity index (χ2v) is 2.94. The molecule has 0 bridgehead atoms. The van der Waals surface area contributed by atoms with Crippen molar-refractivity contribution in [2.45, 2.75) is 19.4 Å². The second-order valence-electron chi connectivity index (χ2n) is 2.94. The third kappa shape index (κ3) is 3.43. The summed E-state index contributed by atoms with van der Waals surface area (Å²) < 4.78 is 4.43.